The summed E-state index contributed by atoms with van der Waals surface area (Å²) in [4.78, 5) is -0.606. The van der Waals surface area contributed by atoms with Crippen LogP contribution in [0.15, 0.2) is 18.2 Å². The maximum Gasteiger partial charge on any atom is 0.136 e. The molecule has 0 spiro atoms. The normalized spacial score (nSPS) is 10.2. The molecule has 0 aliphatic carbocycles. The molecule has 0 aromatic heterocycles. The molecule has 0 unspecified atom stereocenters. The van der Waals surface area contributed by atoms with Crippen molar-refractivity contribution in [3.63, 3.8) is 0 Å². The highest BCUT2D eigenvalue weighted by molar-refractivity contribution is 6.44. The minimum absolute atomic E-state index is 0.606. The minimum atomic E-state index is -0.606. The Kier molecular flexibility index (Phi) is 3.70. The smallest absolute Gasteiger partial charge is 0.136 e. The molecule has 0 aliphatic heterocycles. The van der Waals surface area contributed by atoms with Gasteiger partial charge in [-0.25, -0.2) is 0 Å². The molecule has 0 fully saturated rings. The van der Waals surface area contributed by atoms with Crippen molar-refractivity contribution in [1.29, 1.82) is 0 Å². The Morgan fingerprint density at radius 3 is 2.31 bits per heavy atom. The van der Waals surface area contributed by atoms with Crippen LogP contribution in [0.3, 0.4) is 0 Å². The van der Waals surface area contributed by atoms with E-state index in [4.69, 9.17) is 32.7 Å². The number of hydrogen-bond donors (Lipinski definition) is 0. The van der Waals surface area contributed by atoms with Crippen molar-refractivity contribution in [3.05, 3.63) is 23.8 Å². The van der Waals surface area contributed by atoms with Crippen LogP contribution in [0, 0.1) is 0 Å². The molecule has 0 aliphatic rings. The van der Waals surface area contributed by atoms with E-state index in [1.165, 1.54) is 0 Å². The van der Waals surface area contributed by atoms with E-state index in [9.17, 15) is 0 Å². The van der Waals surface area contributed by atoms with E-state index in [0.29, 0.717) is 17.1 Å². The molecule has 1 rings (SSSR count). The standard InChI is InChI=1S/C9H10Cl2O2/c1-12-6-3-4-8(13-2)7(5-6)9(10)11/h3-5,9H,1-2H3. The van der Waals surface area contributed by atoms with Gasteiger partial charge in [0.1, 0.15) is 16.3 Å². The molecule has 0 radical (unpaired) electrons. The van der Waals surface area contributed by atoms with Crippen LogP contribution in [-0.4, -0.2) is 14.2 Å². The zero-order valence-electron chi connectivity index (χ0n) is 7.38. The summed E-state index contributed by atoms with van der Waals surface area (Å²) in [6.45, 7) is 0. The highest BCUT2D eigenvalue weighted by Gasteiger charge is 2.11. The van der Waals surface area contributed by atoms with E-state index in [-0.39, 0.29) is 0 Å². The zero-order chi connectivity index (χ0) is 9.84. The first-order valence-electron chi connectivity index (χ1n) is 3.69. The molecule has 0 bridgehead atoms. The predicted molar refractivity (Wildman–Crippen MR) is 54.0 cm³/mol. The average molecular weight is 221 g/mol. The topological polar surface area (TPSA) is 18.5 Å². The van der Waals surface area contributed by atoms with Crippen LogP contribution in [0.1, 0.15) is 10.4 Å². The van der Waals surface area contributed by atoms with Crippen molar-refractivity contribution in [2.75, 3.05) is 14.2 Å². The third-order valence-electron chi connectivity index (χ3n) is 1.67. The van der Waals surface area contributed by atoms with Gasteiger partial charge >= 0.3 is 0 Å². The molecule has 0 saturated heterocycles. The maximum absolute atomic E-state index is 5.75. The van der Waals surface area contributed by atoms with Gasteiger partial charge in [0.2, 0.25) is 0 Å². The molecule has 4 heteroatoms. The lowest BCUT2D eigenvalue weighted by atomic mass is 10.2. The lowest BCUT2D eigenvalue weighted by Gasteiger charge is -2.10. The Hall–Kier alpha value is -0.600. The van der Waals surface area contributed by atoms with Gasteiger partial charge in [0.25, 0.3) is 0 Å². The largest absolute Gasteiger partial charge is 0.497 e. The van der Waals surface area contributed by atoms with Gasteiger partial charge in [-0.1, -0.05) is 23.2 Å². The third-order valence-corrected chi connectivity index (χ3v) is 2.14. The molecular weight excluding hydrogens is 211 g/mol. The second kappa shape index (κ2) is 4.58. The number of benzene rings is 1. The Morgan fingerprint density at radius 2 is 1.85 bits per heavy atom. The number of halogens is 2. The van der Waals surface area contributed by atoms with Crippen molar-refractivity contribution < 1.29 is 9.47 Å². The zero-order valence-corrected chi connectivity index (χ0v) is 8.89. The van der Waals surface area contributed by atoms with E-state index in [1.807, 2.05) is 0 Å². The van der Waals surface area contributed by atoms with Gasteiger partial charge < -0.3 is 9.47 Å². The van der Waals surface area contributed by atoms with Gasteiger partial charge in [0.15, 0.2) is 0 Å². The molecular formula is C9H10Cl2O2. The van der Waals surface area contributed by atoms with Gasteiger partial charge in [-0.05, 0) is 18.2 Å². The van der Waals surface area contributed by atoms with Crippen LogP contribution in [0.5, 0.6) is 11.5 Å². The third kappa shape index (κ3) is 2.42. The number of hydrogen-bond acceptors (Lipinski definition) is 2. The molecule has 0 atom stereocenters. The molecule has 1 aromatic carbocycles. The maximum atomic E-state index is 5.75. The van der Waals surface area contributed by atoms with Crippen molar-refractivity contribution >= 4 is 23.2 Å². The summed E-state index contributed by atoms with van der Waals surface area (Å²) in [6, 6.07) is 5.31. The van der Waals surface area contributed by atoms with Gasteiger partial charge in [-0.15, -0.1) is 0 Å². The molecule has 0 amide bonds. The van der Waals surface area contributed by atoms with Crippen molar-refractivity contribution in [2.24, 2.45) is 0 Å². The summed E-state index contributed by atoms with van der Waals surface area (Å²) in [5, 5.41) is 0. The van der Waals surface area contributed by atoms with Crippen LogP contribution < -0.4 is 9.47 Å². The summed E-state index contributed by atoms with van der Waals surface area (Å²) < 4.78 is 10.1. The Bertz CT molecular complexity index is 287. The van der Waals surface area contributed by atoms with Gasteiger partial charge in [0, 0.05) is 5.56 Å². The van der Waals surface area contributed by atoms with Crippen LogP contribution >= 0.6 is 23.2 Å². The Morgan fingerprint density at radius 1 is 1.15 bits per heavy atom. The van der Waals surface area contributed by atoms with E-state index < -0.39 is 4.84 Å². The van der Waals surface area contributed by atoms with Crippen LogP contribution in [0.2, 0.25) is 0 Å². The fraction of sp³-hybridized carbons (Fsp3) is 0.333. The minimum Gasteiger partial charge on any atom is -0.497 e. The summed E-state index contributed by atoms with van der Waals surface area (Å²) in [5.74, 6) is 1.37. The predicted octanol–water partition coefficient (Wildman–Crippen LogP) is 3.18. The fourth-order valence-electron chi connectivity index (χ4n) is 1.01. The fourth-order valence-corrected chi connectivity index (χ4v) is 1.35. The highest BCUT2D eigenvalue weighted by atomic mass is 35.5. The SMILES string of the molecule is COc1ccc(OC)c(C(Cl)Cl)c1. The average Bonchev–Trinajstić information content (AvgIpc) is 2.16. The van der Waals surface area contributed by atoms with E-state index >= 15 is 0 Å². The molecule has 0 saturated carbocycles. The molecule has 13 heavy (non-hydrogen) atoms. The number of alkyl halides is 2. The summed E-state index contributed by atoms with van der Waals surface area (Å²) in [5.41, 5.74) is 0.713. The molecule has 0 heterocycles. The second-order valence-electron chi connectivity index (χ2n) is 2.41. The molecule has 0 N–H and O–H groups in total. The van der Waals surface area contributed by atoms with Crippen molar-refractivity contribution in [2.45, 2.75) is 4.84 Å². The molecule has 72 valence electrons. The first-order chi connectivity index (χ1) is 6.19. The highest BCUT2D eigenvalue weighted by Crippen LogP contribution is 2.35. The van der Waals surface area contributed by atoms with Crippen molar-refractivity contribution in [3.8, 4) is 11.5 Å². The monoisotopic (exact) mass is 220 g/mol. The lowest BCUT2D eigenvalue weighted by Crippen LogP contribution is -1.92. The van der Waals surface area contributed by atoms with Gasteiger partial charge in [-0.3, -0.25) is 0 Å². The number of ether oxygens (including phenoxy) is 2. The second-order valence-corrected chi connectivity index (χ2v) is 3.50. The molecule has 1 aromatic rings. The van der Waals surface area contributed by atoms with Crippen LogP contribution in [0.4, 0.5) is 0 Å². The summed E-state index contributed by atoms with van der Waals surface area (Å²) >= 11 is 11.5. The first-order valence-corrected chi connectivity index (χ1v) is 4.56. The van der Waals surface area contributed by atoms with E-state index in [1.54, 1.807) is 32.4 Å². The van der Waals surface area contributed by atoms with Gasteiger partial charge in [0.05, 0.1) is 14.2 Å². The molecule has 2 nitrogen and oxygen atoms in total. The van der Waals surface area contributed by atoms with Crippen LogP contribution in [-0.2, 0) is 0 Å². The summed E-state index contributed by atoms with van der Waals surface area (Å²) in [6.07, 6.45) is 0. The summed E-state index contributed by atoms with van der Waals surface area (Å²) in [7, 11) is 3.16. The van der Waals surface area contributed by atoms with Gasteiger partial charge in [-0.2, -0.15) is 0 Å². The number of methoxy groups -OCH3 is 2. The lowest BCUT2D eigenvalue weighted by molar-refractivity contribution is 0.400. The Balaban J connectivity index is 3.10. The number of rotatable bonds is 3. The van der Waals surface area contributed by atoms with Crippen molar-refractivity contribution in [1.82, 2.24) is 0 Å². The Labute approximate surface area is 87.4 Å². The quantitative estimate of drug-likeness (QED) is 0.729. The van der Waals surface area contributed by atoms with E-state index in [0.717, 1.165) is 0 Å². The first kappa shape index (κ1) is 10.5. The van der Waals surface area contributed by atoms with Crippen LogP contribution in [0.25, 0.3) is 0 Å². The van der Waals surface area contributed by atoms with E-state index in [2.05, 4.69) is 0 Å².